The van der Waals surface area contributed by atoms with Crippen LogP contribution in [0.2, 0.25) is 0 Å². The summed E-state index contributed by atoms with van der Waals surface area (Å²) in [6, 6.07) is 52.8. The summed E-state index contributed by atoms with van der Waals surface area (Å²) in [5, 5.41) is 10.6. The Labute approximate surface area is 260 Å². The number of nitrogens with zero attached hydrogens (tertiary/aromatic N) is 2. The van der Waals surface area contributed by atoms with E-state index in [1.165, 1.54) is 16.2 Å². The van der Waals surface area contributed by atoms with Crippen molar-refractivity contribution in [2.75, 3.05) is 0 Å². The van der Waals surface area contributed by atoms with Crippen LogP contribution in [0.5, 0.6) is 0 Å². The van der Waals surface area contributed by atoms with E-state index in [1.54, 1.807) is 0 Å². The highest BCUT2D eigenvalue weighted by Gasteiger charge is 2.24. The van der Waals surface area contributed by atoms with Crippen LogP contribution in [-0.4, -0.2) is 11.7 Å². The summed E-state index contributed by atoms with van der Waals surface area (Å²) in [5.41, 5.74) is 6.99. The van der Waals surface area contributed by atoms with Gasteiger partial charge in [0.25, 0.3) is 0 Å². The minimum absolute atomic E-state index is 0.298. The lowest BCUT2D eigenvalue weighted by Gasteiger charge is -2.24. The van der Waals surface area contributed by atoms with Gasteiger partial charge >= 0.3 is 0 Å². The summed E-state index contributed by atoms with van der Waals surface area (Å²) in [6.07, 6.45) is -0.298. The predicted molar refractivity (Wildman–Crippen MR) is 186 cm³/mol. The first-order chi connectivity index (χ1) is 22.3. The third kappa shape index (κ3) is 4.38. The molecule has 4 nitrogen and oxygen atoms in total. The summed E-state index contributed by atoms with van der Waals surface area (Å²) in [6.45, 7) is 0. The van der Waals surface area contributed by atoms with Gasteiger partial charge in [0, 0.05) is 21.9 Å². The molecule has 0 fully saturated rings. The van der Waals surface area contributed by atoms with E-state index in [4.69, 9.17) is 14.4 Å². The van der Waals surface area contributed by atoms with E-state index >= 15 is 0 Å². The average molecular weight is 578 g/mol. The van der Waals surface area contributed by atoms with Crippen molar-refractivity contribution in [1.82, 2.24) is 5.32 Å². The Morgan fingerprint density at radius 1 is 0.489 bits per heavy atom. The Morgan fingerprint density at radius 2 is 1.07 bits per heavy atom. The van der Waals surface area contributed by atoms with Crippen LogP contribution in [0.1, 0.15) is 22.9 Å². The van der Waals surface area contributed by atoms with Gasteiger partial charge in [-0.25, -0.2) is 9.98 Å². The molecule has 212 valence electrons. The van der Waals surface area contributed by atoms with Gasteiger partial charge in [-0.1, -0.05) is 127 Å². The monoisotopic (exact) mass is 577 g/mol. The van der Waals surface area contributed by atoms with Gasteiger partial charge in [-0.2, -0.15) is 0 Å². The fraction of sp³-hybridized carbons (Fsp3) is 0.0244. The van der Waals surface area contributed by atoms with Crippen molar-refractivity contribution >= 4 is 55.2 Å². The molecule has 0 aliphatic carbocycles. The zero-order valence-corrected chi connectivity index (χ0v) is 24.3. The first-order valence-electron chi connectivity index (χ1n) is 15.2. The van der Waals surface area contributed by atoms with Crippen LogP contribution in [0.4, 0.5) is 0 Å². The smallest absolute Gasteiger partial charge is 0.159 e. The number of hydrogen-bond acceptors (Lipinski definition) is 4. The highest BCUT2D eigenvalue weighted by molar-refractivity contribution is 6.24. The molecule has 0 amide bonds. The summed E-state index contributed by atoms with van der Waals surface area (Å²) >= 11 is 0. The molecule has 1 aliphatic heterocycles. The summed E-state index contributed by atoms with van der Waals surface area (Å²) < 4.78 is 6.49. The molecule has 0 radical (unpaired) electrons. The third-order valence-corrected chi connectivity index (χ3v) is 8.70. The second kappa shape index (κ2) is 10.3. The van der Waals surface area contributed by atoms with E-state index in [9.17, 15) is 0 Å². The Kier molecular flexibility index (Phi) is 5.85. The van der Waals surface area contributed by atoms with Gasteiger partial charge in [0.2, 0.25) is 0 Å². The van der Waals surface area contributed by atoms with Crippen molar-refractivity contribution in [1.29, 1.82) is 0 Å². The largest absolute Gasteiger partial charge is 0.456 e. The Bertz CT molecular complexity index is 2470. The minimum atomic E-state index is -0.298. The number of nitrogens with one attached hydrogen (secondary N) is 1. The molecule has 8 aromatic rings. The predicted octanol–water partition coefficient (Wildman–Crippen LogP) is 10.1. The number of fused-ring (bicyclic) bond motifs is 5. The number of rotatable bonds is 4. The normalized spacial score (nSPS) is 14.9. The highest BCUT2D eigenvalue weighted by Crippen LogP contribution is 2.39. The molecule has 1 N–H and O–H groups in total. The van der Waals surface area contributed by atoms with Gasteiger partial charge in [0.1, 0.15) is 23.2 Å². The van der Waals surface area contributed by atoms with Crippen LogP contribution in [0.15, 0.2) is 166 Å². The van der Waals surface area contributed by atoms with Crippen molar-refractivity contribution in [2.45, 2.75) is 6.17 Å². The van der Waals surface area contributed by atoms with E-state index in [1.807, 2.05) is 30.3 Å². The number of amidine groups is 2. The van der Waals surface area contributed by atoms with E-state index in [0.717, 1.165) is 61.0 Å². The zero-order chi connectivity index (χ0) is 29.7. The summed E-state index contributed by atoms with van der Waals surface area (Å²) in [7, 11) is 0. The second-order valence-electron chi connectivity index (χ2n) is 11.5. The molecule has 7 aromatic carbocycles. The lowest BCUT2D eigenvalue weighted by atomic mass is 9.95. The molecular formula is C41H27N3O. The quantitative estimate of drug-likeness (QED) is 0.226. The molecule has 2 heterocycles. The number of benzene rings is 7. The van der Waals surface area contributed by atoms with Crippen molar-refractivity contribution in [2.24, 2.45) is 9.98 Å². The molecule has 0 spiro atoms. The third-order valence-electron chi connectivity index (χ3n) is 8.70. The highest BCUT2D eigenvalue weighted by atomic mass is 16.3. The average Bonchev–Trinajstić information content (AvgIpc) is 3.51. The number of hydrogen-bond donors (Lipinski definition) is 1. The molecule has 1 aliphatic rings. The van der Waals surface area contributed by atoms with Gasteiger partial charge in [-0.05, 0) is 62.5 Å². The van der Waals surface area contributed by atoms with Gasteiger partial charge in [-0.15, -0.1) is 0 Å². The van der Waals surface area contributed by atoms with Gasteiger partial charge in [-0.3, -0.25) is 0 Å². The SMILES string of the molecule is c1ccc(C2N=C(c3ccc4ccccc4c3)N=C(c3cccc4oc5cccc(-c6ccc7ccccc7c6)c5c34)N2)cc1. The number of aliphatic imine (C=N–C) groups is 2. The molecule has 0 saturated carbocycles. The zero-order valence-electron chi connectivity index (χ0n) is 24.3. The van der Waals surface area contributed by atoms with Crippen molar-refractivity contribution in [3.8, 4) is 11.1 Å². The van der Waals surface area contributed by atoms with E-state index < -0.39 is 0 Å². The first kappa shape index (κ1) is 25.5. The molecular weight excluding hydrogens is 550 g/mol. The van der Waals surface area contributed by atoms with Crippen LogP contribution in [0.25, 0.3) is 54.6 Å². The topological polar surface area (TPSA) is 49.9 Å². The Balaban J connectivity index is 1.26. The fourth-order valence-corrected chi connectivity index (χ4v) is 6.51. The van der Waals surface area contributed by atoms with Crippen LogP contribution in [0.3, 0.4) is 0 Å². The van der Waals surface area contributed by atoms with Gasteiger partial charge < -0.3 is 9.73 Å². The summed E-state index contributed by atoms with van der Waals surface area (Å²) in [4.78, 5) is 10.3. The standard InChI is InChI=1S/C41H27N3O/c1-2-12-28(13-3-1)39-42-40(32-23-21-27-11-5-7-15-30(27)25-32)44-41(43-39)34-17-9-19-36-38(34)37-33(16-8-18-35(37)45-36)31-22-20-26-10-4-6-14-29(26)24-31/h1-25,39H,(H,42,43,44). The second-order valence-corrected chi connectivity index (χ2v) is 11.5. The van der Waals surface area contributed by atoms with Crippen LogP contribution < -0.4 is 5.32 Å². The number of furan rings is 1. The molecule has 1 aromatic heterocycles. The lowest BCUT2D eigenvalue weighted by Crippen LogP contribution is -2.33. The summed E-state index contributed by atoms with van der Waals surface area (Å²) in [5.74, 6) is 1.46. The first-order valence-corrected chi connectivity index (χ1v) is 15.2. The van der Waals surface area contributed by atoms with E-state index in [0.29, 0.717) is 5.84 Å². The van der Waals surface area contributed by atoms with E-state index in [-0.39, 0.29) is 6.17 Å². The Morgan fingerprint density at radius 3 is 1.78 bits per heavy atom. The molecule has 9 rings (SSSR count). The fourth-order valence-electron chi connectivity index (χ4n) is 6.51. The molecule has 0 saturated heterocycles. The molecule has 4 heteroatoms. The van der Waals surface area contributed by atoms with Crippen molar-refractivity contribution in [3.05, 3.63) is 168 Å². The maximum absolute atomic E-state index is 6.49. The van der Waals surface area contributed by atoms with Crippen molar-refractivity contribution < 1.29 is 4.42 Å². The van der Waals surface area contributed by atoms with Crippen molar-refractivity contribution in [3.63, 3.8) is 0 Å². The lowest BCUT2D eigenvalue weighted by molar-refractivity contribution is 0.668. The maximum Gasteiger partial charge on any atom is 0.159 e. The molecule has 0 bridgehead atoms. The Hall–Kier alpha value is -6.00. The molecule has 1 unspecified atom stereocenters. The molecule has 45 heavy (non-hydrogen) atoms. The van der Waals surface area contributed by atoms with Crippen LogP contribution >= 0.6 is 0 Å². The van der Waals surface area contributed by atoms with Gasteiger partial charge in [0.05, 0.1) is 0 Å². The minimum Gasteiger partial charge on any atom is -0.456 e. The molecule has 1 atom stereocenters. The van der Waals surface area contributed by atoms with Gasteiger partial charge in [0.15, 0.2) is 5.84 Å². The van der Waals surface area contributed by atoms with Crippen LogP contribution in [0, 0.1) is 0 Å². The van der Waals surface area contributed by atoms with Crippen LogP contribution in [-0.2, 0) is 0 Å². The maximum atomic E-state index is 6.49. The van der Waals surface area contributed by atoms with E-state index in [2.05, 4.69) is 127 Å².